The van der Waals surface area contributed by atoms with Crippen LogP contribution in [0.5, 0.6) is 0 Å². The van der Waals surface area contributed by atoms with Gasteiger partial charge in [-0.2, -0.15) is 0 Å². The average Bonchev–Trinajstić information content (AvgIpc) is 2.90. The molecule has 6 nitrogen and oxygen atoms in total. The number of allylic oxidation sites excluding steroid dienone is 2. The van der Waals surface area contributed by atoms with E-state index in [-0.39, 0.29) is 16.8 Å². The van der Waals surface area contributed by atoms with Gasteiger partial charge in [0.05, 0.1) is 15.5 Å². The van der Waals surface area contributed by atoms with Crippen LogP contribution >= 0.6 is 11.8 Å². The summed E-state index contributed by atoms with van der Waals surface area (Å²) in [6, 6.07) is 14.8. The van der Waals surface area contributed by atoms with Crippen LogP contribution in [0.1, 0.15) is 5.56 Å². The number of para-hydroxylation sites is 1. The zero-order chi connectivity index (χ0) is 17.8. The summed E-state index contributed by atoms with van der Waals surface area (Å²) < 4.78 is 0. The van der Waals surface area contributed by atoms with Gasteiger partial charge in [0.15, 0.2) is 0 Å². The highest BCUT2D eigenvalue weighted by atomic mass is 32.2. The van der Waals surface area contributed by atoms with E-state index in [0.717, 1.165) is 16.7 Å². The maximum atomic E-state index is 12.4. The smallest absolute Gasteiger partial charge is 0.268 e. The standard InChI is InChI=1S/C18H12N2O4S/c21-17-16(25-18(22)19(17)14-8-2-1-3-9-14)11-5-7-13-6-4-10-15(12-13)20(23)24/h1-12H/b7-5-,16-11+. The van der Waals surface area contributed by atoms with Crippen molar-refractivity contribution in [3.8, 4) is 0 Å². The third-order valence-electron chi connectivity index (χ3n) is 3.43. The number of imide groups is 1. The Labute approximate surface area is 147 Å². The van der Waals surface area contributed by atoms with Crippen LogP contribution in [-0.2, 0) is 4.79 Å². The summed E-state index contributed by atoms with van der Waals surface area (Å²) in [5.74, 6) is -0.384. The van der Waals surface area contributed by atoms with Crippen LogP contribution in [0.2, 0.25) is 0 Å². The number of thioether (sulfide) groups is 1. The highest BCUT2D eigenvalue weighted by Crippen LogP contribution is 2.34. The van der Waals surface area contributed by atoms with Gasteiger partial charge in [-0.15, -0.1) is 0 Å². The molecule has 1 aliphatic rings. The van der Waals surface area contributed by atoms with Crippen molar-refractivity contribution in [1.29, 1.82) is 0 Å². The van der Waals surface area contributed by atoms with Gasteiger partial charge in [-0.1, -0.05) is 42.5 Å². The number of hydrogen-bond acceptors (Lipinski definition) is 5. The molecule has 0 unspecified atom stereocenters. The topological polar surface area (TPSA) is 80.5 Å². The fourth-order valence-electron chi connectivity index (χ4n) is 2.27. The molecule has 2 aromatic carbocycles. The van der Waals surface area contributed by atoms with Gasteiger partial charge in [-0.05, 0) is 35.5 Å². The number of hydrogen-bond donors (Lipinski definition) is 0. The highest BCUT2D eigenvalue weighted by Gasteiger charge is 2.35. The average molecular weight is 352 g/mol. The lowest BCUT2D eigenvalue weighted by Gasteiger charge is -2.11. The molecule has 1 fully saturated rings. The molecule has 0 spiro atoms. The van der Waals surface area contributed by atoms with Gasteiger partial charge in [0, 0.05) is 12.1 Å². The Hall–Kier alpha value is -3.19. The second kappa shape index (κ2) is 7.14. The van der Waals surface area contributed by atoms with E-state index in [2.05, 4.69) is 0 Å². The Morgan fingerprint density at radius 1 is 1.04 bits per heavy atom. The van der Waals surface area contributed by atoms with Gasteiger partial charge in [0.1, 0.15) is 0 Å². The number of non-ortho nitro benzene ring substituents is 1. The van der Waals surface area contributed by atoms with Crippen molar-refractivity contribution >= 4 is 40.4 Å². The molecule has 124 valence electrons. The quantitative estimate of drug-likeness (QED) is 0.463. The molecule has 2 amide bonds. The lowest BCUT2D eigenvalue weighted by Crippen LogP contribution is -2.27. The predicted molar refractivity (Wildman–Crippen MR) is 97.1 cm³/mol. The lowest BCUT2D eigenvalue weighted by molar-refractivity contribution is -0.384. The van der Waals surface area contributed by atoms with E-state index in [1.807, 2.05) is 0 Å². The van der Waals surface area contributed by atoms with Crippen LogP contribution in [-0.4, -0.2) is 16.1 Å². The predicted octanol–water partition coefficient (Wildman–Crippen LogP) is 4.39. The van der Waals surface area contributed by atoms with Crippen molar-refractivity contribution < 1.29 is 14.5 Å². The number of carbonyl (C=O) groups excluding carboxylic acids is 2. The summed E-state index contributed by atoms with van der Waals surface area (Å²) in [7, 11) is 0. The molecule has 0 saturated carbocycles. The van der Waals surface area contributed by atoms with Gasteiger partial charge in [-0.25, -0.2) is 4.90 Å². The second-order valence-corrected chi connectivity index (χ2v) is 6.08. The maximum absolute atomic E-state index is 12.4. The second-order valence-electron chi connectivity index (χ2n) is 5.09. The summed E-state index contributed by atoms with van der Waals surface area (Å²) in [5, 5.41) is 10.4. The number of nitro groups is 1. The minimum Gasteiger partial charge on any atom is -0.268 e. The largest absolute Gasteiger partial charge is 0.298 e. The Morgan fingerprint density at radius 2 is 1.80 bits per heavy atom. The number of nitrogens with zero attached hydrogens (tertiary/aromatic N) is 2. The van der Waals surface area contributed by atoms with E-state index in [1.165, 1.54) is 18.2 Å². The molecule has 7 heteroatoms. The Kier molecular flexibility index (Phi) is 4.76. The monoisotopic (exact) mass is 352 g/mol. The number of nitro benzene ring substituents is 1. The minimum atomic E-state index is -0.470. The number of carbonyl (C=O) groups is 2. The van der Waals surface area contributed by atoms with Crippen LogP contribution in [0.25, 0.3) is 6.08 Å². The Balaban J connectivity index is 1.79. The van der Waals surface area contributed by atoms with E-state index in [0.29, 0.717) is 16.2 Å². The van der Waals surface area contributed by atoms with Gasteiger partial charge < -0.3 is 0 Å². The first-order valence-corrected chi connectivity index (χ1v) is 8.12. The van der Waals surface area contributed by atoms with Crippen LogP contribution in [0.3, 0.4) is 0 Å². The molecule has 1 saturated heterocycles. The first kappa shape index (κ1) is 16.7. The van der Waals surface area contributed by atoms with E-state index in [1.54, 1.807) is 54.6 Å². The van der Waals surface area contributed by atoms with E-state index >= 15 is 0 Å². The zero-order valence-electron chi connectivity index (χ0n) is 12.9. The molecular weight excluding hydrogens is 340 g/mol. The van der Waals surface area contributed by atoms with Gasteiger partial charge >= 0.3 is 0 Å². The Morgan fingerprint density at radius 3 is 2.52 bits per heavy atom. The molecule has 0 aliphatic carbocycles. The molecule has 0 aromatic heterocycles. The summed E-state index contributed by atoms with van der Waals surface area (Å²) in [6.45, 7) is 0. The zero-order valence-corrected chi connectivity index (χ0v) is 13.7. The van der Waals surface area contributed by atoms with E-state index in [4.69, 9.17) is 0 Å². The van der Waals surface area contributed by atoms with Gasteiger partial charge in [-0.3, -0.25) is 19.7 Å². The van der Waals surface area contributed by atoms with Crippen LogP contribution < -0.4 is 4.90 Å². The first-order valence-electron chi connectivity index (χ1n) is 7.30. The molecule has 1 aliphatic heterocycles. The molecule has 2 aromatic rings. The minimum absolute atomic E-state index is 0.00782. The van der Waals surface area contributed by atoms with Crippen molar-refractivity contribution in [2.45, 2.75) is 0 Å². The maximum Gasteiger partial charge on any atom is 0.298 e. The van der Waals surface area contributed by atoms with Crippen molar-refractivity contribution in [2.75, 3.05) is 4.90 Å². The normalized spacial score (nSPS) is 16.2. The number of amides is 2. The van der Waals surface area contributed by atoms with Crippen LogP contribution in [0, 0.1) is 10.1 Å². The van der Waals surface area contributed by atoms with Crippen LogP contribution in [0.4, 0.5) is 16.2 Å². The molecule has 0 bridgehead atoms. The lowest BCUT2D eigenvalue weighted by atomic mass is 10.2. The molecule has 1 heterocycles. The first-order chi connectivity index (χ1) is 12.1. The van der Waals surface area contributed by atoms with Crippen molar-refractivity contribution in [1.82, 2.24) is 0 Å². The van der Waals surface area contributed by atoms with Crippen LogP contribution in [0.15, 0.2) is 71.7 Å². The fraction of sp³-hybridized carbons (Fsp3) is 0. The number of benzene rings is 2. The van der Waals surface area contributed by atoms with Crippen molar-refractivity contribution in [2.24, 2.45) is 0 Å². The van der Waals surface area contributed by atoms with Gasteiger partial charge in [0.25, 0.3) is 16.8 Å². The summed E-state index contributed by atoms with van der Waals surface area (Å²) in [6.07, 6.45) is 4.78. The molecule has 25 heavy (non-hydrogen) atoms. The fourth-order valence-corrected chi connectivity index (χ4v) is 3.06. The van der Waals surface area contributed by atoms with Gasteiger partial charge in [0.2, 0.25) is 0 Å². The molecule has 0 atom stereocenters. The van der Waals surface area contributed by atoms with Crippen molar-refractivity contribution in [3.05, 3.63) is 87.3 Å². The summed E-state index contributed by atoms with van der Waals surface area (Å²) in [4.78, 5) is 36.2. The highest BCUT2D eigenvalue weighted by molar-refractivity contribution is 8.18. The summed E-state index contributed by atoms with van der Waals surface area (Å²) in [5.41, 5.74) is 1.15. The van der Waals surface area contributed by atoms with Crippen molar-refractivity contribution in [3.63, 3.8) is 0 Å². The summed E-state index contributed by atoms with van der Waals surface area (Å²) >= 11 is 0.859. The SMILES string of the molecule is O=C1S/C(=C/C=C\c2cccc([N+](=O)[O-])c2)C(=O)N1c1ccccc1. The molecule has 3 rings (SSSR count). The molecular formula is C18H12N2O4S. The number of rotatable bonds is 4. The number of anilines is 1. The third kappa shape index (κ3) is 3.67. The van der Waals surface area contributed by atoms with E-state index in [9.17, 15) is 19.7 Å². The molecule has 0 radical (unpaired) electrons. The van der Waals surface area contributed by atoms with E-state index < -0.39 is 4.92 Å². The molecule has 0 N–H and O–H groups in total. The Bertz CT molecular complexity index is 906. The third-order valence-corrected chi connectivity index (χ3v) is 4.31.